The van der Waals surface area contributed by atoms with Gasteiger partial charge in [0, 0.05) is 28.6 Å². The van der Waals surface area contributed by atoms with E-state index in [2.05, 4.69) is 40.5 Å². The predicted octanol–water partition coefficient (Wildman–Crippen LogP) is 3.76. The monoisotopic (exact) mass is 342 g/mol. The number of rotatable bonds is 5. The number of guanidine groups is 1. The third-order valence-corrected chi connectivity index (χ3v) is 4.68. The van der Waals surface area contributed by atoms with Gasteiger partial charge in [0.25, 0.3) is 0 Å². The molecule has 3 aromatic rings. The zero-order chi connectivity index (χ0) is 16.9. The Kier molecular flexibility index (Phi) is 5.15. The molecule has 2 heterocycles. The average molecular weight is 342 g/mol. The zero-order valence-electron chi connectivity index (χ0n) is 14.2. The van der Waals surface area contributed by atoms with Crippen LogP contribution in [0.2, 0.25) is 0 Å². The molecule has 0 amide bonds. The number of para-hydroxylation sites is 1. The summed E-state index contributed by atoms with van der Waals surface area (Å²) in [7, 11) is 0. The van der Waals surface area contributed by atoms with Crippen LogP contribution in [-0.4, -0.2) is 17.5 Å². The van der Waals surface area contributed by atoms with Crippen LogP contribution >= 0.6 is 11.3 Å². The summed E-state index contributed by atoms with van der Waals surface area (Å²) in [5.41, 5.74) is 2.07. The molecule has 0 spiro atoms. The maximum atomic E-state index is 5.92. The highest BCUT2D eigenvalue weighted by atomic mass is 32.1. The van der Waals surface area contributed by atoms with E-state index in [1.54, 1.807) is 11.3 Å². The van der Waals surface area contributed by atoms with Crippen molar-refractivity contribution in [1.82, 2.24) is 15.6 Å². The SMILES string of the molecule is CCNC(=NCc1oc2ccccc2c1C)NCc1cnc(C)s1. The molecule has 2 N–H and O–H groups in total. The van der Waals surface area contributed by atoms with Crippen LogP contribution in [0.15, 0.2) is 39.9 Å². The molecule has 126 valence electrons. The smallest absolute Gasteiger partial charge is 0.191 e. The number of aryl methyl sites for hydroxylation is 2. The standard InChI is InChI=1S/C18H22N4OS/c1-4-19-18(21-10-14-9-20-13(3)24-14)22-11-17-12(2)15-7-5-6-8-16(15)23-17/h5-9H,4,10-11H2,1-3H3,(H2,19,21,22). The topological polar surface area (TPSA) is 62.5 Å². The molecule has 0 atom stereocenters. The molecule has 6 heteroatoms. The highest BCUT2D eigenvalue weighted by Gasteiger charge is 2.09. The quantitative estimate of drug-likeness (QED) is 0.547. The van der Waals surface area contributed by atoms with Crippen LogP contribution in [0.1, 0.15) is 28.1 Å². The lowest BCUT2D eigenvalue weighted by Gasteiger charge is -2.09. The van der Waals surface area contributed by atoms with Gasteiger partial charge in [0.1, 0.15) is 17.9 Å². The second kappa shape index (κ2) is 7.49. The number of nitrogens with one attached hydrogen (secondary N) is 2. The van der Waals surface area contributed by atoms with E-state index < -0.39 is 0 Å². The molecule has 0 radical (unpaired) electrons. The van der Waals surface area contributed by atoms with Crippen LogP contribution in [0.25, 0.3) is 11.0 Å². The number of thiazole rings is 1. The normalized spacial score (nSPS) is 11.9. The molecule has 0 aliphatic heterocycles. The molecule has 0 fully saturated rings. The van der Waals surface area contributed by atoms with E-state index in [1.165, 1.54) is 4.88 Å². The first-order chi connectivity index (χ1) is 11.7. The Labute approximate surface area is 145 Å². The van der Waals surface area contributed by atoms with Gasteiger partial charge in [-0.3, -0.25) is 0 Å². The first kappa shape index (κ1) is 16.5. The van der Waals surface area contributed by atoms with Gasteiger partial charge in [0.05, 0.1) is 11.6 Å². The van der Waals surface area contributed by atoms with Crippen LogP contribution in [-0.2, 0) is 13.1 Å². The Morgan fingerprint density at radius 3 is 2.79 bits per heavy atom. The first-order valence-electron chi connectivity index (χ1n) is 8.08. The average Bonchev–Trinajstić information content (AvgIpc) is 3.14. The largest absolute Gasteiger partial charge is 0.459 e. The van der Waals surface area contributed by atoms with Crippen LogP contribution in [0.5, 0.6) is 0 Å². The number of benzene rings is 1. The van der Waals surface area contributed by atoms with Crippen molar-refractivity contribution in [2.45, 2.75) is 33.9 Å². The number of fused-ring (bicyclic) bond motifs is 1. The highest BCUT2D eigenvalue weighted by Crippen LogP contribution is 2.25. The summed E-state index contributed by atoms with van der Waals surface area (Å²) in [6.07, 6.45) is 1.90. The van der Waals surface area contributed by atoms with Crippen molar-refractivity contribution in [3.05, 3.63) is 51.7 Å². The van der Waals surface area contributed by atoms with Crippen molar-refractivity contribution in [3.8, 4) is 0 Å². The second-order valence-corrected chi connectivity index (χ2v) is 6.86. The number of nitrogens with zero attached hydrogens (tertiary/aromatic N) is 2. The van der Waals surface area contributed by atoms with Crippen LogP contribution in [0.4, 0.5) is 0 Å². The van der Waals surface area contributed by atoms with Crippen molar-refractivity contribution in [1.29, 1.82) is 0 Å². The van der Waals surface area contributed by atoms with Gasteiger partial charge in [-0.25, -0.2) is 9.98 Å². The van der Waals surface area contributed by atoms with E-state index in [4.69, 9.17) is 4.42 Å². The predicted molar refractivity (Wildman–Crippen MR) is 99.5 cm³/mol. The Morgan fingerprint density at radius 2 is 2.08 bits per heavy atom. The van der Waals surface area contributed by atoms with E-state index in [0.717, 1.165) is 46.3 Å². The van der Waals surface area contributed by atoms with Crippen molar-refractivity contribution < 1.29 is 4.42 Å². The van der Waals surface area contributed by atoms with Crippen molar-refractivity contribution >= 4 is 28.3 Å². The van der Waals surface area contributed by atoms with Crippen LogP contribution < -0.4 is 10.6 Å². The van der Waals surface area contributed by atoms with Crippen LogP contribution in [0.3, 0.4) is 0 Å². The number of aliphatic imine (C=N–C) groups is 1. The summed E-state index contributed by atoms with van der Waals surface area (Å²) < 4.78 is 5.92. The maximum absolute atomic E-state index is 5.92. The van der Waals surface area contributed by atoms with E-state index in [1.807, 2.05) is 31.3 Å². The fourth-order valence-electron chi connectivity index (χ4n) is 2.53. The molecule has 1 aromatic carbocycles. The van der Waals surface area contributed by atoms with Gasteiger partial charge >= 0.3 is 0 Å². The molecule has 2 aromatic heterocycles. The maximum Gasteiger partial charge on any atom is 0.191 e. The summed E-state index contributed by atoms with van der Waals surface area (Å²) in [6, 6.07) is 8.09. The lowest BCUT2D eigenvalue weighted by Crippen LogP contribution is -2.36. The van der Waals surface area contributed by atoms with Gasteiger partial charge in [-0.2, -0.15) is 0 Å². The third-order valence-electron chi connectivity index (χ3n) is 3.77. The number of hydrogen-bond acceptors (Lipinski definition) is 4. The molecular weight excluding hydrogens is 320 g/mol. The highest BCUT2D eigenvalue weighted by molar-refractivity contribution is 7.11. The first-order valence-corrected chi connectivity index (χ1v) is 8.89. The van der Waals surface area contributed by atoms with Gasteiger partial charge in [-0.15, -0.1) is 11.3 Å². The molecule has 0 aliphatic rings. The van der Waals surface area contributed by atoms with E-state index in [0.29, 0.717) is 6.54 Å². The van der Waals surface area contributed by atoms with E-state index in [-0.39, 0.29) is 0 Å². The molecular formula is C18H22N4OS. The summed E-state index contributed by atoms with van der Waals surface area (Å²) in [6.45, 7) is 8.19. The minimum Gasteiger partial charge on any atom is -0.459 e. The fourth-order valence-corrected chi connectivity index (χ4v) is 3.26. The molecule has 0 bridgehead atoms. The number of hydrogen-bond donors (Lipinski definition) is 2. The minimum atomic E-state index is 0.511. The minimum absolute atomic E-state index is 0.511. The summed E-state index contributed by atoms with van der Waals surface area (Å²) >= 11 is 1.69. The summed E-state index contributed by atoms with van der Waals surface area (Å²) in [4.78, 5) is 10.1. The second-order valence-electron chi connectivity index (χ2n) is 5.54. The molecule has 0 saturated heterocycles. The van der Waals surface area contributed by atoms with Crippen molar-refractivity contribution in [3.63, 3.8) is 0 Å². The number of furan rings is 1. The molecule has 24 heavy (non-hydrogen) atoms. The zero-order valence-corrected chi connectivity index (χ0v) is 15.0. The van der Waals surface area contributed by atoms with Gasteiger partial charge in [-0.05, 0) is 26.8 Å². The Morgan fingerprint density at radius 1 is 1.25 bits per heavy atom. The number of aromatic nitrogens is 1. The molecule has 0 saturated carbocycles. The van der Waals surface area contributed by atoms with Gasteiger partial charge < -0.3 is 15.1 Å². The Bertz CT molecular complexity index is 850. The fraction of sp³-hybridized carbons (Fsp3) is 0.333. The molecule has 3 rings (SSSR count). The Hall–Kier alpha value is -2.34. The third kappa shape index (κ3) is 3.76. The van der Waals surface area contributed by atoms with Crippen LogP contribution in [0, 0.1) is 13.8 Å². The molecule has 0 aliphatic carbocycles. The lowest BCUT2D eigenvalue weighted by atomic mass is 10.1. The van der Waals surface area contributed by atoms with Gasteiger partial charge in [-0.1, -0.05) is 18.2 Å². The van der Waals surface area contributed by atoms with Gasteiger partial charge in [0.15, 0.2) is 5.96 Å². The summed E-state index contributed by atoms with van der Waals surface area (Å²) in [5, 5.41) is 8.84. The molecule has 5 nitrogen and oxygen atoms in total. The van der Waals surface area contributed by atoms with Crippen molar-refractivity contribution in [2.75, 3.05) is 6.54 Å². The lowest BCUT2D eigenvalue weighted by molar-refractivity contribution is 0.548. The van der Waals surface area contributed by atoms with Gasteiger partial charge in [0.2, 0.25) is 0 Å². The Balaban J connectivity index is 1.71. The van der Waals surface area contributed by atoms with E-state index in [9.17, 15) is 0 Å². The summed E-state index contributed by atoms with van der Waals surface area (Å²) in [5.74, 6) is 1.69. The molecule has 0 unspecified atom stereocenters. The van der Waals surface area contributed by atoms with Crippen molar-refractivity contribution in [2.24, 2.45) is 4.99 Å². The van der Waals surface area contributed by atoms with E-state index >= 15 is 0 Å².